The molecule has 0 aromatic carbocycles. The number of anilines is 1. The number of pyridine rings is 1. The average Bonchev–Trinajstić information content (AvgIpc) is 2.66. The third-order valence-electron chi connectivity index (χ3n) is 1.98. The van der Waals surface area contributed by atoms with E-state index in [1.165, 1.54) is 4.88 Å². The Bertz CT molecular complexity index is 492. The Hall–Kier alpha value is -1.07. The molecule has 2 aromatic rings. The van der Waals surface area contributed by atoms with Gasteiger partial charge in [-0.1, -0.05) is 6.07 Å². The Balaban J connectivity index is 2.34. The van der Waals surface area contributed by atoms with E-state index < -0.39 is 0 Å². The lowest BCUT2D eigenvalue weighted by Gasteiger charge is -2.06. The molecule has 0 fully saturated rings. The number of hydrogen-bond acceptors (Lipinski definition) is 3. The van der Waals surface area contributed by atoms with Gasteiger partial charge in [-0.15, -0.1) is 11.3 Å². The molecular formula is C10H9BrN2OS. The Morgan fingerprint density at radius 2 is 2.27 bits per heavy atom. The van der Waals surface area contributed by atoms with Gasteiger partial charge in [-0.25, -0.2) is 0 Å². The molecule has 0 bridgehead atoms. The van der Waals surface area contributed by atoms with Gasteiger partial charge in [0.2, 0.25) is 5.43 Å². The minimum atomic E-state index is -0.155. The molecule has 78 valence electrons. The summed E-state index contributed by atoms with van der Waals surface area (Å²) >= 11 is 4.87. The highest BCUT2D eigenvalue weighted by molar-refractivity contribution is 9.10. The number of rotatable bonds is 2. The molecular weight excluding hydrogens is 276 g/mol. The Morgan fingerprint density at radius 1 is 1.47 bits per heavy atom. The van der Waals surface area contributed by atoms with Crippen molar-refractivity contribution >= 4 is 33.0 Å². The maximum atomic E-state index is 11.3. The van der Waals surface area contributed by atoms with E-state index in [0.29, 0.717) is 4.47 Å². The van der Waals surface area contributed by atoms with Crippen LogP contribution >= 0.6 is 27.3 Å². The van der Waals surface area contributed by atoms with Gasteiger partial charge >= 0.3 is 0 Å². The summed E-state index contributed by atoms with van der Waals surface area (Å²) in [5, 5.41) is 2.02. The van der Waals surface area contributed by atoms with Crippen molar-refractivity contribution in [1.82, 2.24) is 4.57 Å². The van der Waals surface area contributed by atoms with Crippen LogP contribution in [0.4, 0.5) is 5.69 Å². The number of aromatic nitrogens is 1. The first-order valence-electron chi connectivity index (χ1n) is 4.34. The van der Waals surface area contributed by atoms with E-state index in [9.17, 15) is 4.79 Å². The quantitative estimate of drug-likeness (QED) is 0.920. The van der Waals surface area contributed by atoms with Crippen LogP contribution in [0.1, 0.15) is 4.88 Å². The van der Waals surface area contributed by atoms with Crippen molar-refractivity contribution in [2.75, 3.05) is 5.73 Å². The van der Waals surface area contributed by atoms with E-state index >= 15 is 0 Å². The third kappa shape index (κ3) is 2.30. The van der Waals surface area contributed by atoms with Gasteiger partial charge < -0.3 is 10.3 Å². The molecule has 2 aromatic heterocycles. The van der Waals surface area contributed by atoms with E-state index in [1.54, 1.807) is 23.7 Å². The molecule has 0 amide bonds. The van der Waals surface area contributed by atoms with Gasteiger partial charge in [0.15, 0.2) is 0 Å². The summed E-state index contributed by atoms with van der Waals surface area (Å²) in [5.41, 5.74) is 5.70. The maximum Gasteiger partial charge on any atom is 0.218 e. The van der Waals surface area contributed by atoms with Crippen LogP contribution in [-0.4, -0.2) is 4.57 Å². The van der Waals surface area contributed by atoms with Gasteiger partial charge in [0.05, 0.1) is 16.7 Å². The summed E-state index contributed by atoms with van der Waals surface area (Å²) in [5.74, 6) is 0. The molecule has 0 unspecified atom stereocenters. The molecule has 5 heteroatoms. The van der Waals surface area contributed by atoms with Crippen molar-refractivity contribution < 1.29 is 0 Å². The highest BCUT2D eigenvalue weighted by Gasteiger charge is 2.02. The largest absolute Gasteiger partial charge is 0.394 e. The Labute approximate surface area is 99.3 Å². The lowest BCUT2D eigenvalue weighted by atomic mass is 10.4. The van der Waals surface area contributed by atoms with Crippen molar-refractivity contribution in [2.24, 2.45) is 0 Å². The molecule has 0 aliphatic heterocycles. The molecule has 0 aliphatic rings. The topological polar surface area (TPSA) is 48.0 Å². The Kier molecular flexibility index (Phi) is 2.93. The van der Waals surface area contributed by atoms with Crippen molar-refractivity contribution in [3.8, 4) is 0 Å². The van der Waals surface area contributed by atoms with Crippen LogP contribution in [-0.2, 0) is 6.54 Å². The highest BCUT2D eigenvalue weighted by atomic mass is 79.9. The summed E-state index contributed by atoms with van der Waals surface area (Å²) in [6.07, 6.45) is 3.41. The molecule has 0 radical (unpaired) electrons. The second kappa shape index (κ2) is 4.20. The fourth-order valence-electron chi connectivity index (χ4n) is 1.29. The SMILES string of the molecule is Nc1cn(Cc2cccs2)cc(Br)c1=O. The molecule has 3 nitrogen and oxygen atoms in total. The molecule has 15 heavy (non-hydrogen) atoms. The van der Waals surface area contributed by atoms with Crippen LogP contribution in [0.2, 0.25) is 0 Å². The monoisotopic (exact) mass is 284 g/mol. The normalized spacial score (nSPS) is 10.5. The van der Waals surface area contributed by atoms with Crippen LogP contribution in [0.25, 0.3) is 0 Å². The van der Waals surface area contributed by atoms with E-state index in [1.807, 2.05) is 22.1 Å². The van der Waals surface area contributed by atoms with Crippen LogP contribution in [0.5, 0.6) is 0 Å². The highest BCUT2D eigenvalue weighted by Crippen LogP contribution is 2.13. The zero-order valence-corrected chi connectivity index (χ0v) is 10.2. The van der Waals surface area contributed by atoms with Crippen LogP contribution in [0, 0.1) is 0 Å². The van der Waals surface area contributed by atoms with Crippen LogP contribution in [0.3, 0.4) is 0 Å². The predicted octanol–water partition coefficient (Wildman–Crippen LogP) is 2.30. The molecule has 2 rings (SSSR count). The molecule has 2 N–H and O–H groups in total. The van der Waals surface area contributed by atoms with Crippen LogP contribution < -0.4 is 11.2 Å². The summed E-state index contributed by atoms with van der Waals surface area (Å²) in [6.45, 7) is 0.737. The number of nitrogens with zero attached hydrogens (tertiary/aromatic N) is 1. The first-order chi connectivity index (χ1) is 7.16. The van der Waals surface area contributed by atoms with Gasteiger partial charge in [0.25, 0.3) is 0 Å². The second-order valence-corrected chi connectivity index (χ2v) is 5.03. The number of halogens is 1. The van der Waals surface area contributed by atoms with Gasteiger partial charge in [-0.05, 0) is 27.4 Å². The number of hydrogen-bond donors (Lipinski definition) is 1. The second-order valence-electron chi connectivity index (χ2n) is 3.14. The summed E-state index contributed by atoms with van der Waals surface area (Å²) in [7, 11) is 0. The lowest BCUT2D eigenvalue weighted by molar-refractivity contribution is 0.799. The molecule has 0 spiro atoms. The summed E-state index contributed by atoms with van der Waals surface area (Å²) < 4.78 is 2.39. The van der Waals surface area contributed by atoms with E-state index in [2.05, 4.69) is 15.9 Å². The van der Waals surface area contributed by atoms with E-state index in [-0.39, 0.29) is 11.1 Å². The van der Waals surface area contributed by atoms with E-state index in [0.717, 1.165) is 6.54 Å². The predicted molar refractivity (Wildman–Crippen MR) is 66.2 cm³/mol. The van der Waals surface area contributed by atoms with E-state index in [4.69, 9.17) is 5.73 Å². The van der Waals surface area contributed by atoms with Gasteiger partial charge in [-0.2, -0.15) is 0 Å². The molecule has 0 atom stereocenters. The number of nitrogen functional groups attached to an aromatic ring is 1. The smallest absolute Gasteiger partial charge is 0.218 e. The molecule has 0 saturated heterocycles. The van der Waals surface area contributed by atoms with Crippen molar-refractivity contribution in [3.63, 3.8) is 0 Å². The van der Waals surface area contributed by atoms with Crippen molar-refractivity contribution in [1.29, 1.82) is 0 Å². The van der Waals surface area contributed by atoms with Crippen molar-refractivity contribution in [3.05, 3.63) is 49.5 Å². The zero-order valence-electron chi connectivity index (χ0n) is 7.81. The summed E-state index contributed by atoms with van der Waals surface area (Å²) in [4.78, 5) is 12.6. The standard InChI is InChI=1S/C10H9BrN2OS/c11-8-5-13(6-9(12)10(8)14)4-7-2-1-3-15-7/h1-3,5-6H,4,12H2. The minimum Gasteiger partial charge on any atom is -0.394 e. The average molecular weight is 285 g/mol. The number of thiophene rings is 1. The molecule has 2 heterocycles. The molecule has 0 aliphatic carbocycles. The zero-order chi connectivity index (χ0) is 10.8. The Morgan fingerprint density at radius 3 is 2.87 bits per heavy atom. The number of nitrogens with two attached hydrogens (primary N) is 1. The maximum absolute atomic E-state index is 11.3. The first kappa shape index (κ1) is 10.4. The van der Waals surface area contributed by atoms with Gasteiger partial charge in [-0.3, -0.25) is 4.79 Å². The summed E-state index contributed by atoms with van der Waals surface area (Å²) in [6, 6.07) is 4.05. The van der Waals surface area contributed by atoms with Crippen molar-refractivity contribution in [2.45, 2.75) is 6.54 Å². The fraction of sp³-hybridized carbons (Fsp3) is 0.100. The fourth-order valence-corrected chi connectivity index (χ4v) is 2.50. The third-order valence-corrected chi connectivity index (χ3v) is 3.41. The molecule has 0 saturated carbocycles. The minimum absolute atomic E-state index is 0.155. The van der Waals surface area contributed by atoms with Gasteiger partial charge in [0.1, 0.15) is 0 Å². The van der Waals surface area contributed by atoms with Crippen LogP contribution in [0.15, 0.2) is 39.2 Å². The lowest BCUT2D eigenvalue weighted by Crippen LogP contribution is -2.13. The first-order valence-corrected chi connectivity index (χ1v) is 6.01. The van der Waals surface area contributed by atoms with Gasteiger partial charge in [0, 0.05) is 17.3 Å².